The summed E-state index contributed by atoms with van der Waals surface area (Å²) in [6.45, 7) is 2.24. The van der Waals surface area contributed by atoms with Crippen LogP contribution >= 0.6 is 0 Å². The van der Waals surface area contributed by atoms with Crippen molar-refractivity contribution in [2.45, 2.75) is 26.1 Å². The lowest BCUT2D eigenvalue weighted by molar-refractivity contribution is -0.122. The van der Waals surface area contributed by atoms with Crippen molar-refractivity contribution in [2.24, 2.45) is 0 Å². The fraction of sp³-hybridized carbons (Fsp3) is 0.190. The summed E-state index contributed by atoms with van der Waals surface area (Å²) in [4.78, 5) is 28.5. The second-order valence-electron chi connectivity index (χ2n) is 6.17. The van der Waals surface area contributed by atoms with Crippen molar-refractivity contribution in [3.05, 3.63) is 83.9 Å². The highest BCUT2D eigenvalue weighted by molar-refractivity contribution is 5.97. The van der Waals surface area contributed by atoms with Gasteiger partial charge in [0, 0.05) is 18.3 Å². The molecule has 7 nitrogen and oxygen atoms in total. The van der Waals surface area contributed by atoms with Crippen molar-refractivity contribution >= 4 is 11.8 Å². The van der Waals surface area contributed by atoms with E-state index < -0.39 is 6.04 Å². The summed E-state index contributed by atoms with van der Waals surface area (Å²) in [5.74, 6) is -0.221. The number of nitrogens with zero attached hydrogens (tertiary/aromatic N) is 1. The molecule has 0 radical (unpaired) electrons. The molecule has 28 heavy (non-hydrogen) atoms. The number of nitrogens with one attached hydrogen (secondary N) is 2. The molecule has 2 heterocycles. The molecule has 0 saturated heterocycles. The van der Waals surface area contributed by atoms with Gasteiger partial charge < -0.3 is 19.8 Å². The Kier molecular flexibility index (Phi) is 6.41. The molecule has 7 heteroatoms. The Bertz CT molecular complexity index is 910. The Morgan fingerprint density at radius 2 is 1.96 bits per heavy atom. The number of hydrogen-bond acceptors (Lipinski definition) is 5. The first-order valence-electron chi connectivity index (χ1n) is 8.85. The van der Waals surface area contributed by atoms with Crippen LogP contribution in [-0.4, -0.2) is 22.8 Å². The zero-order valence-corrected chi connectivity index (χ0v) is 15.4. The number of ether oxygens (including phenoxy) is 1. The number of benzene rings is 1. The van der Waals surface area contributed by atoms with E-state index in [2.05, 4.69) is 15.6 Å². The lowest BCUT2D eigenvalue weighted by Gasteiger charge is -2.15. The molecule has 0 saturated carbocycles. The van der Waals surface area contributed by atoms with Crippen molar-refractivity contribution in [1.29, 1.82) is 0 Å². The van der Waals surface area contributed by atoms with E-state index in [1.807, 2.05) is 36.4 Å². The lowest BCUT2D eigenvalue weighted by atomic mass is 10.2. The van der Waals surface area contributed by atoms with E-state index in [4.69, 9.17) is 9.15 Å². The fourth-order valence-electron chi connectivity index (χ4n) is 2.49. The molecule has 3 aromatic rings. The Balaban J connectivity index is 1.53. The molecule has 0 fully saturated rings. The number of amides is 2. The summed E-state index contributed by atoms with van der Waals surface area (Å²) < 4.78 is 10.7. The van der Waals surface area contributed by atoms with Crippen LogP contribution in [0.3, 0.4) is 0 Å². The quantitative estimate of drug-likeness (QED) is 0.628. The van der Waals surface area contributed by atoms with Crippen molar-refractivity contribution in [2.75, 3.05) is 0 Å². The molecular formula is C21H21N3O4. The number of rotatable bonds is 8. The van der Waals surface area contributed by atoms with Crippen LogP contribution in [0.25, 0.3) is 0 Å². The van der Waals surface area contributed by atoms with E-state index in [-0.39, 0.29) is 18.4 Å². The highest BCUT2D eigenvalue weighted by Gasteiger charge is 2.17. The molecule has 0 spiro atoms. The number of carbonyl (C=O) groups is 2. The minimum absolute atomic E-state index is 0.239. The maximum atomic E-state index is 12.3. The Labute approximate surface area is 162 Å². The Hall–Kier alpha value is -3.61. The third kappa shape index (κ3) is 5.20. The molecule has 2 N–H and O–H groups in total. The predicted octanol–water partition coefficient (Wildman–Crippen LogP) is 2.69. The first-order valence-corrected chi connectivity index (χ1v) is 8.85. The molecule has 1 atom stereocenters. The highest BCUT2D eigenvalue weighted by Crippen LogP contribution is 2.16. The number of carbonyl (C=O) groups excluding carboxylic acids is 2. The zero-order chi connectivity index (χ0) is 19.8. The number of hydrogen-bond donors (Lipinski definition) is 2. The van der Waals surface area contributed by atoms with Crippen LogP contribution in [0.4, 0.5) is 0 Å². The molecule has 0 aliphatic carbocycles. The third-order valence-corrected chi connectivity index (χ3v) is 4.05. The molecule has 2 aromatic heterocycles. The second-order valence-corrected chi connectivity index (χ2v) is 6.17. The molecule has 0 aliphatic rings. The minimum Gasteiger partial charge on any atom is -0.473 e. The number of pyridine rings is 1. The van der Waals surface area contributed by atoms with E-state index in [1.165, 1.54) is 18.6 Å². The maximum absolute atomic E-state index is 12.3. The summed E-state index contributed by atoms with van der Waals surface area (Å²) in [6, 6.07) is 14.2. The van der Waals surface area contributed by atoms with E-state index >= 15 is 0 Å². The van der Waals surface area contributed by atoms with Crippen molar-refractivity contribution in [1.82, 2.24) is 15.6 Å². The van der Waals surface area contributed by atoms with Gasteiger partial charge in [0.15, 0.2) is 0 Å². The van der Waals surface area contributed by atoms with Crippen LogP contribution in [0.2, 0.25) is 0 Å². The topological polar surface area (TPSA) is 93.5 Å². The first-order chi connectivity index (χ1) is 13.6. The second kappa shape index (κ2) is 9.36. The van der Waals surface area contributed by atoms with Crippen LogP contribution in [0.15, 0.2) is 71.7 Å². The Morgan fingerprint density at radius 1 is 1.14 bits per heavy atom. The summed E-state index contributed by atoms with van der Waals surface area (Å²) in [7, 11) is 0. The van der Waals surface area contributed by atoms with Gasteiger partial charge >= 0.3 is 0 Å². The minimum atomic E-state index is -0.701. The molecule has 0 bridgehead atoms. The standard InChI is InChI=1S/C21H21N3O4/c1-15(24-20(26)18-9-11-27-14-18)19(25)23-12-17-8-5-10-22-21(17)28-13-16-6-3-2-4-7-16/h2-11,14-15H,12-13H2,1H3,(H,23,25)(H,24,26)/t15-/m0/s1. The van der Waals surface area contributed by atoms with Gasteiger partial charge in [0.05, 0.1) is 11.8 Å². The predicted molar refractivity (Wildman–Crippen MR) is 102 cm³/mol. The van der Waals surface area contributed by atoms with E-state index in [9.17, 15) is 9.59 Å². The van der Waals surface area contributed by atoms with Crippen LogP contribution in [0.5, 0.6) is 5.88 Å². The third-order valence-electron chi connectivity index (χ3n) is 4.05. The van der Waals surface area contributed by atoms with Crippen molar-refractivity contribution in [3.8, 4) is 5.88 Å². The van der Waals surface area contributed by atoms with Crippen LogP contribution in [0.1, 0.15) is 28.4 Å². The van der Waals surface area contributed by atoms with Gasteiger partial charge in [-0.05, 0) is 24.6 Å². The largest absolute Gasteiger partial charge is 0.473 e. The normalized spacial score (nSPS) is 11.5. The van der Waals surface area contributed by atoms with E-state index in [1.54, 1.807) is 19.2 Å². The number of aromatic nitrogens is 1. The van der Waals surface area contributed by atoms with Crippen LogP contribution < -0.4 is 15.4 Å². The molecular weight excluding hydrogens is 358 g/mol. The summed E-state index contributed by atoms with van der Waals surface area (Å²) in [5, 5.41) is 5.41. The lowest BCUT2D eigenvalue weighted by Crippen LogP contribution is -2.44. The van der Waals surface area contributed by atoms with Gasteiger partial charge in [-0.1, -0.05) is 36.4 Å². The van der Waals surface area contributed by atoms with E-state index in [0.29, 0.717) is 18.1 Å². The maximum Gasteiger partial charge on any atom is 0.255 e. The summed E-state index contributed by atoms with van der Waals surface area (Å²) in [5.41, 5.74) is 2.14. The molecule has 1 aromatic carbocycles. The smallest absolute Gasteiger partial charge is 0.255 e. The molecule has 3 rings (SSSR count). The highest BCUT2D eigenvalue weighted by atomic mass is 16.5. The van der Waals surface area contributed by atoms with Crippen LogP contribution in [-0.2, 0) is 17.9 Å². The fourth-order valence-corrected chi connectivity index (χ4v) is 2.49. The number of furan rings is 1. The molecule has 2 amide bonds. The van der Waals surface area contributed by atoms with Gasteiger partial charge in [-0.3, -0.25) is 9.59 Å². The SMILES string of the molecule is C[C@H](NC(=O)c1ccoc1)C(=O)NCc1cccnc1OCc1ccccc1. The summed E-state index contributed by atoms with van der Waals surface area (Å²) in [6.07, 6.45) is 4.37. The van der Waals surface area contributed by atoms with Crippen molar-refractivity contribution < 1.29 is 18.7 Å². The summed E-state index contributed by atoms with van der Waals surface area (Å²) >= 11 is 0. The van der Waals surface area contributed by atoms with E-state index in [0.717, 1.165) is 11.1 Å². The van der Waals surface area contributed by atoms with Gasteiger partial charge in [0.2, 0.25) is 11.8 Å². The molecule has 144 valence electrons. The van der Waals surface area contributed by atoms with Gasteiger partial charge in [0.25, 0.3) is 5.91 Å². The van der Waals surface area contributed by atoms with Gasteiger partial charge in [-0.15, -0.1) is 0 Å². The van der Waals surface area contributed by atoms with Crippen molar-refractivity contribution in [3.63, 3.8) is 0 Å². The van der Waals surface area contributed by atoms with Crippen LogP contribution in [0, 0.1) is 0 Å². The molecule has 0 aliphatic heterocycles. The monoisotopic (exact) mass is 379 g/mol. The van der Waals surface area contributed by atoms with Gasteiger partial charge in [-0.2, -0.15) is 0 Å². The average Bonchev–Trinajstić information content (AvgIpc) is 3.27. The van der Waals surface area contributed by atoms with Gasteiger partial charge in [0.1, 0.15) is 18.9 Å². The molecule has 0 unspecified atom stereocenters. The average molecular weight is 379 g/mol. The van der Waals surface area contributed by atoms with Gasteiger partial charge in [-0.25, -0.2) is 4.98 Å². The Morgan fingerprint density at radius 3 is 2.71 bits per heavy atom. The first kappa shape index (κ1) is 19.2. The zero-order valence-electron chi connectivity index (χ0n) is 15.4.